The first-order valence-electron chi connectivity index (χ1n) is 8.76. The summed E-state index contributed by atoms with van der Waals surface area (Å²) in [5.41, 5.74) is 0.962. The van der Waals surface area contributed by atoms with Crippen molar-refractivity contribution in [3.05, 3.63) is 35.9 Å². The highest BCUT2D eigenvalue weighted by Gasteiger charge is 2.30. The van der Waals surface area contributed by atoms with E-state index in [0.29, 0.717) is 0 Å². The molecule has 116 valence electrons. The molecular formula is C20H31N. The quantitative estimate of drug-likeness (QED) is 0.432. The third-order valence-electron chi connectivity index (χ3n) is 4.45. The molecule has 0 radical (unpaired) electrons. The Kier molecular flexibility index (Phi) is 8.83. The van der Waals surface area contributed by atoms with Crippen molar-refractivity contribution in [2.75, 3.05) is 0 Å². The van der Waals surface area contributed by atoms with E-state index in [9.17, 15) is 5.26 Å². The molecule has 0 atom stereocenters. The van der Waals surface area contributed by atoms with Gasteiger partial charge in [0.1, 0.15) is 0 Å². The number of hydrogen-bond acceptors (Lipinski definition) is 1. The van der Waals surface area contributed by atoms with E-state index in [-0.39, 0.29) is 5.41 Å². The molecule has 0 aliphatic carbocycles. The molecule has 1 nitrogen and oxygen atoms in total. The average Bonchev–Trinajstić information content (AvgIpc) is 2.54. The molecule has 0 aromatic heterocycles. The molecule has 21 heavy (non-hydrogen) atoms. The summed E-state index contributed by atoms with van der Waals surface area (Å²) < 4.78 is 0. The van der Waals surface area contributed by atoms with E-state index in [1.54, 1.807) is 0 Å². The maximum atomic E-state index is 9.89. The van der Waals surface area contributed by atoms with Gasteiger partial charge in [-0.3, -0.25) is 0 Å². The predicted octanol–water partition coefficient (Wildman–Crippen LogP) is 6.39. The molecular weight excluding hydrogens is 254 g/mol. The van der Waals surface area contributed by atoms with Crippen LogP contribution >= 0.6 is 0 Å². The normalized spacial score (nSPS) is 11.3. The van der Waals surface area contributed by atoms with Gasteiger partial charge in [-0.15, -0.1) is 0 Å². The van der Waals surface area contributed by atoms with Gasteiger partial charge in [0.25, 0.3) is 0 Å². The Morgan fingerprint density at radius 3 is 1.76 bits per heavy atom. The average molecular weight is 285 g/mol. The van der Waals surface area contributed by atoms with E-state index in [0.717, 1.165) is 12.8 Å². The smallest absolute Gasteiger partial charge is 0.0822 e. The first-order chi connectivity index (χ1) is 10.3. The van der Waals surface area contributed by atoms with Crippen LogP contribution < -0.4 is 0 Å². The van der Waals surface area contributed by atoms with Gasteiger partial charge in [-0.25, -0.2) is 0 Å². The van der Waals surface area contributed by atoms with E-state index in [2.05, 4.69) is 44.2 Å². The van der Waals surface area contributed by atoms with Gasteiger partial charge in [0.05, 0.1) is 11.5 Å². The Hall–Kier alpha value is -1.29. The molecule has 1 heteroatoms. The van der Waals surface area contributed by atoms with Crippen LogP contribution in [0, 0.1) is 11.3 Å². The van der Waals surface area contributed by atoms with Crippen molar-refractivity contribution in [2.45, 2.75) is 83.5 Å². The third kappa shape index (κ3) is 5.92. The molecule has 0 heterocycles. The Labute approximate surface area is 131 Å². The first kappa shape index (κ1) is 17.8. The van der Waals surface area contributed by atoms with E-state index >= 15 is 0 Å². The second kappa shape index (κ2) is 10.4. The highest BCUT2D eigenvalue weighted by Crippen LogP contribution is 2.35. The highest BCUT2D eigenvalue weighted by molar-refractivity contribution is 5.32. The molecule has 0 amide bonds. The van der Waals surface area contributed by atoms with Crippen molar-refractivity contribution in [1.82, 2.24) is 0 Å². The Morgan fingerprint density at radius 2 is 1.33 bits per heavy atom. The summed E-state index contributed by atoms with van der Waals surface area (Å²) in [5, 5.41) is 9.89. The van der Waals surface area contributed by atoms with Gasteiger partial charge < -0.3 is 0 Å². The Morgan fingerprint density at radius 1 is 0.810 bits per heavy atom. The van der Waals surface area contributed by atoms with Crippen LogP contribution in [0.5, 0.6) is 0 Å². The summed E-state index contributed by atoms with van der Waals surface area (Å²) in [7, 11) is 0. The van der Waals surface area contributed by atoms with Crippen molar-refractivity contribution < 1.29 is 0 Å². The number of unbranched alkanes of at least 4 members (excludes halogenated alkanes) is 6. The molecule has 0 unspecified atom stereocenters. The van der Waals surface area contributed by atoms with E-state index in [1.165, 1.54) is 56.9 Å². The molecule has 1 aromatic rings. The summed E-state index contributed by atoms with van der Waals surface area (Å²) in [6.45, 7) is 4.47. The lowest BCUT2D eigenvalue weighted by Crippen LogP contribution is -2.24. The van der Waals surface area contributed by atoms with Crippen LogP contribution in [0.4, 0.5) is 0 Å². The third-order valence-corrected chi connectivity index (χ3v) is 4.45. The predicted molar refractivity (Wildman–Crippen MR) is 91.3 cm³/mol. The summed E-state index contributed by atoms with van der Waals surface area (Å²) in [6.07, 6.45) is 11.9. The lowest BCUT2D eigenvalue weighted by atomic mass is 9.73. The number of nitriles is 1. The summed E-state index contributed by atoms with van der Waals surface area (Å²) >= 11 is 0. The minimum atomic E-state index is -0.261. The zero-order chi connectivity index (χ0) is 15.4. The van der Waals surface area contributed by atoms with Crippen LogP contribution in [-0.2, 0) is 5.41 Å². The van der Waals surface area contributed by atoms with Crippen LogP contribution in [0.2, 0.25) is 0 Å². The molecule has 0 N–H and O–H groups in total. The zero-order valence-electron chi connectivity index (χ0n) is 13.9. The van der Waals surface area contributed by atoms with Crippen molar-refractivity contribution in [3.8, 4) is 6.07 Å². The van der Waals surface area contributed by atoms with Gasteiger partial charge in [0, 0.05) is 0 Å². The molecule has 0 fully saturated rings. The number of benzene rings is 1. The van der Waals surface area contributed by atoms with Gasteiger partial charge in [0.2, 0.25) is 0 Å². The van der Waals surface area contributed by atoms with E-state index in [4.69, 9.17) is 0 Å². The van der Waals surface area contributed by atoms with Gasteiger partial charge in [-0.1, -0.05) is 95.5 Å². The van der Waals surface area contributed by atoms with Crippen LogP contribution in [0.1, 0.15) is 83.6 Å². The lowest BCUT2D eigenvalue weighted by Gasteiger charge is -2.27. The number of nitrogens with zero attached hydrogens (tertiary/aromatic N) is 1. The molecule has 1 aromatic carbocycles. The summed E-state index contributed by atoms with van der Waals surface area (Å²) in [6, 6.07) is 13.1. The van der Waals surface area contributed by atoms with E-state index in [1.807, 2.05) is 6.07 Å². The monoisotopic (exact) mass is 285 g/mol. The fourth-order valence-electron chi connectivity index (χ4n) is 3.05. The molecule has 0 saturated carbocycles. The first-order valence-corrected chi connectivity index (χ1v) is 8.76. The maximum Gasteiger partial charge on any atom is 0.0822 e. The van der Waals surface area contributed by atoms with Crippen molar-refractivity contribution in [2.24, 2.45) is 0 Å². The standard InChI is InChI=1S/C20H31N/c1-3-5-7-12-16-20(18-21,17-13-8-6-4-2)19-14-10-9-11-15-19/h9-11,14-15H,3-8,12-13,16-17H2,1-2H3. The van der Waals surface area contributed by atoms with Crippen molar-refractivity contribution in [3.63, 3.8) is 0 Å². The molecule has 0 spiro atoms. The Bertz CT molecular complexity index is 390. The fourth-order valence-corrected chi connectivity index (χ4v) is 3.05. The van der Waals surface area contributed by atoms with Crippen molar-refractivity contribution in [1.29, 1.82) is 5.26 Å². The van der Waals surface area contributed by atoms with Crippen molar-refractivity contribution >= 4 is 0 Å². The summed E-state index contributed by atoms with van der Waals surface area (Å²) in [4.78, 5) is 0. The molecule has 0 aliphatic heterocycles. The van der Waals surface area contributed by atoms with Gasteiger partial charge in [0.15, 0.2) is 0 Å². The second-order valence-electron chi connectivity index (χ2n) is 6.18. The number of hydrogen-bond donors (Lipinski definition) is 0. The Balaban J connectivity index is 2.73. The minimum absolute atomic E-state index is 0.261. The zero-order valence-corrected chi connectivity index (χ0v) is 13.9. The molecule has 0 bridgehead atoms. The maximum absolute atomic E-state index is 9.89. The number of rotatable bonds is 11. The van der Waals surface area contributed by atoms with Gasteiger partial charge in [-0.2, -0.15) is 5.26 Å². The van der Waals surface area contributed by atoms with E-state index < -0.39 is 0 Å². The minimum Gasteiger partial charge on any atom is -0.197 e. The van der Waals surface area contributed by atoms with Gasteiger partial charge >= 0.3 is 0 Å². The highest BCUT2D eigenvalue weighted by atomic mass is 14.4. The van der Waals surface area contributed by atoms with Crippen LogP contribution in [-0.4, -0.2) is 0 Å². The SMILES string of the molecule is CCCCCCC(C#N)(CCCCCC)c1ccccc1. The lowest BCUT2D eigenvalue weighted by molar-refractivity contribution is 0.415. The van der Waals surface area contributed by atoms with Crippen LogP contribution in [0.3, 0.4) is 0 Å². The van der Waals surface area contributed by atoms with Gasteiger partial charge in [-0.05, 0) is 18.4 Å². The molecule has 0 aliphatic rings. The van der Waals surface area contributed by atoms with Crippen LogP contribution in [0.25, 0.3) is 0 Å². The second-order valence-corrected chi connectivity index (χ2v) is 6.18. The van der Waals surface area contributed by atoms with Crippen LogP contribution in [0.15, 0.2) is 30.3 Å². The summed E-state index contributed by atoms with van der Waals surface area (Å²) in [5.74, 6) is 0. The molecule has 0 saturated heterocycles. The largest absolute Gasteiger partial charge is 0.197 e. The topological polar surface area (TPSA) is 23.8 Å². The fraction of sp³-hybridized carbons (Fsp3) is 0.650. The molecule has 1 rings (SSSR count).